The number of carbonyl (C=O) groups is 4. The van der Waals surface area contributed by atoms with E-state index in [1.165, 1.54) is 18.9 Å². The summed E-state index contributed by atoms with van der Waals surface area (Å²) in [5.41, 5.74) is -0.921. The van der Waals surface area contributed by atoms with Crippen LogP contribution >= 0.6 is 0 Å². The van der Waals surface area contributed by atoms with Gasteiger partial charge in [0.1, 0.15) is 19.8 Å². The number of alkyl carbamates (subject to hydrolysis) is 3. The maximum absolute atomic E-state index is 12.4. The first kappa shape index (κ1) is 52.5. The van der Waals surface area contributed by atoms with Crippen molar-refractivity contribution in [2.24, 2.45) is 10.4 Å². The molecule has 17 nitrogen and oxygen atoms in total. The fourth-order valence-corrected chi connectivity index (χ4v) is 5.45. The Bertz CT molecular complexity index is 1010. The number of ether oxygens (including phenoxy) is 5. The normalized spacial score (nSPS) is 12.7. The van der Waals surface area contributed by atoms with Crippen LogP contribution in [0.25, 0.3) is 0 Å². The molecule has 0 radical (unpaired) electrons. The molecule has 0 atom stereocenters. The number of rotatable bonds is 32. The molecule has 17 heteroatoms. The Hall–Kier alpha value is -3.50. The lowest BCUT2D eigenvalue weighted by Gasteiger charge is -2.31. The third-order valence-electron chi connectivity index (χ3n) is 9.21. The van der Waals surface area contributed by atoms with Gasteiger partial charge in [0, 0.05) is 53.9 Å². The predicted octanol–water partition coefficient (Wildman–Crippen LogP) is 4.98. The van der Waals surface area contributed by atoms with Crippen molar-refractivity contribution in [3.05, 3.63) is 0 Å². The highest BCUT2D eigenvalue weighted by Gasteiger charge is 2.34. The van der Waals surface area contributed by atoms with E-state index in [4.69, 9.17) is 23.7 Å². The molecular weight excluding hydrogens is 726 g/mol. The fourth-order valence-electron chi connectivity index (χ4n) is 5.45. The Morgan fingerprint density at radius 1 is 0.661 bits per heavy atom. The molecule has 1 rings (SSSR count). The lowest BCUT2D eigenvalue weighted by Crippen LogP contribution is -2.42. The number of hydrogen-bond donors (Lipinski definition) is 5. The number of likely N-dealkylation sites (tertiary alicyclic amines) is 1. The van der Waals surface area contributed by atoms with Crippen LogP contribution in [0.1, 0.15) is 116 Å². The zero-order valence-corrected chi connectivity index (χ0v) is 35.0. The van der Waals surface area contributed by atoms with Gasteiger partial charge >= 0.3 is 18.3 Å². The Balaban J connectivity index is 0.00000292. The van der Waals surface area contributed by atoms with E-state index >= 15 is 0 Å². The number of nitrogens with zero attached hydrogens (tertiary/aromatic N) is 2. The van der Waals surface area contributed by atoms with Crippen molar-refractivity contribution in [1.29, 1.82) is 0 Å². The van der Waals surface area contributed by atoms with E-state index < -0.39 is 23.7 Å². The van der Waals surface area contributed by atoms with E-state index in [9.17, 15) is 24.0 Å². The largest absolute Gasteiger partial charge is 0.449 e. The maximum atomic E-state index is 12.4. The molecule has 0 saturated carbocycles. The van der Waals surface area contributed by atoms with Crippen molar-refractivity contribution in [1.82, 2.24) is 31.5 Å². The molecule has 0 aliphatic carbocycles. The van der Waals surface area contributed by atoms with E-state index in [-0.39, 0.29) is 19.8 Å². The average molecular weight is 802 g/mol. The molecule has 0 aromatic heterocycles. The van der Waals surface area contributed by atoms with Crippen molar-refractivity contribution < 1.29 is 47.7 Å². The van der Waals surface area contributed by atoms with Gasteiger partial charge in [0.15, 0.2) is 0 Å². The standard InChI is InChI=1S/C32H62N6O9.C7H13NO/c1-4-32(23-45-29(40)36-20-14-8-5-11-17-33-26-39,24-46-30(41)37-21-15-9-6-12-18-34-27-43-2)25-47-31(42)38-22-16-10-7-13-19-35-28-44-3;1-8-6-4-2-3-5-7(8)9/h34-35H,4-25,27-28H2,1-3H3,(H,36,40)(H,37,41)(H,38,42);2-6H2,1H3. The van der Waals surface area contributed by atoms with Gasteiger partial charge < -0.3 is 44.5 Å². The van der Waals surface area contributed by atoms with Gasteiger partial charge in [-0.3, -0.25) is 15.4 Å². The molecular formula is C39H75N7O10. The van der Waals surface area contributed by atoms with Crippen LogP contribution in [0.2, 0.25) is 0 Å². The molecule has 56 heavy (non-hydrogen) atoms. The zero-order valence-electron chi connectivity index (χ0n) is 35.0. The Labute approximate surface area is 335 Å². The summed E-state index contributed by atoms with van der Waals surface area (Å²) in [6.07, 6.45) is 15.5. The van der Waals surface area contributed by atoms with Gasteiger partial charge in [0.25, 0.3) is 0 Å². The number of nitrogens with one attached hydrogen (secondary N) is 5. The first-order valence-electron chi connectivity index (χ1n) is 20.6. The second-order valence-electron chi connectivity index (χ2n) is 14.1. The second kappa shape index (κ2) is 38.4. The number of carbonyl (C=O) groups excluding carboxylic acids is 5. The lowest BCUT2D eigenvalue weighted by atomic mass is 9.88. The quantitative estimate of drug-likeness (QED) is 0.0201. The van der Waals surface area contributed by atoms with Gasteiger partial charge in [-0.15, -0.1) is 0 Å². The highest BCUT2D eigenvalue weighted by molar-refractivity contribution is 5.76. The number of amides is 4. The van der Waals surface area contributed by atoms with Crippen LogP contribution in [0.5, 0.6) is 0 Å². The van der Waals surface area contributed by atoms with Gasteiger partial charge in [0.2, 0.25) is 12.0 Å². The molecule has 1 fully saturated rings. The fraction of sp³-hybridized carbons (Fsp3) is 0.872. The van der Waals surface area contributed by atoms with Crippen LogP contribution in [0.3, 0.4) is 0 Å². The molecule has 1 saturated heterocycles. The Kier molecular flexibility index (Phi) is 36.0. The molecule has 1 aliphatic rings. The van der Waals surface area contributed by atoms with Crippen LogP contribution in [-0.2, 0) is 33.3 Å². The van der Waals surface area contributed by atoms with E-state index in [0.29, 0.717) is 52.0 Å². The summed E-state index contributed by atoms with van der Waals surface area (Å²) in [6.45, 7) is 7.22. The molecule has 0 aromatic rings. The molecule has 1 aliphatic heterocycles. The molecule has 5 N–H and O–H groups in total. The topological polar surface area (TPSA) is 207 Å². The highest BCUT2D eigenvalue weighted by atomic mass is 16.6. The Morgan fingerprint density at radius 2 is 1.09 bits per heavy atom. The van der Waals surface area contributed by atoms with Crippen LogP contribution in [-0.4, -0.2) is 136 Å². The van der Waals surface area contributed by atoms with Crippen molar-refractivity contribution in [2.45, 2.75) is 116 Å². The van der Waals surface area contributed by atoms with Crippen LogP contribution < -0.4 is 26.6 Å². The monoisotopic (exact) mass is 802 g/mol. The van der Waals surface area contributed by atoms with E-state index in [1.54, 1.807) is 14.2 Å². The van der Waals surface area contributed by atoms with Crippen molar-refractivity contribution in [3.8, 4) is 0 Å². The minimum absolute atomic E-state index is 0.0958. The highest BCUT2D eigenvalue weighted by Crippen LogP contribution is 2.24. The number of methoxy groups -OCH3 is 2. The van der Waals surface area contributed by atoms with Gasteiger partial charge in [-0.25, -0.2) is 24.2 Å². The number of hydrogen-bond acceptors (Lipinski definition) is 13. The molecule has 0 spiro atoms. The molecule has 4 amide bonds. The maximum Gasteiger partial charge on any atom is 0.407 e. The zero-order chi connectivity index (χ0) is 41.4. The third-order valence-corrected chi connectivity index (χ3v) is 9.21. The summed E-state index contributed by atoms with van der Waals surface area (Å²) < 4.78 is 26.4. The predicted molar refractivity (Wildman–Crippen MR) is 215 cm³/mol. The number of isocyanates is 1. The van der Waals surface area contributed by atoms with Gasteiger partial charge in [-0.2, -0.15) is 0 Å². The average Bonchev–Trinajstić information content (AvgIpc) is 3.39. The number of aliphatic imine (C=N–C) groups is 1. The summed E-state index contributed by atoms with van der Waals surface area (Å²) in [5.74, 6) is 0.313. The second-order valence-corrected chi connectivity index (χ2v) is 14.1. The lowest BCUT2D eigenvalue weighted by molar-refractivity contribution is -0.129. The van der Waals surface area contributed by atoms with Crippen molar-refractivity contribution in [2.75, 3.05) is 100 Å². The van der Waals surface area contributed by atoms with E-state index in [0.717, 1.165) is 110 Å². The molecule has 1 heterocycles. The smallest absolute Gasteiger partial charge is 0.407 e. The van der Waals surface area contributed by atoms with Crippen molar-refractivity contribution >= 4 is 30.3 Å². The molecule has 326 valence electrons. The first-order valence-corrected chi connectivity index (χ1v) is 20.6. The third kappa shape index (κ3) is 32.7. The van der Waals surface area contributed by atoms with Gasteiger partial charge in [-0.05, 0) is 70.9 Å². The number of unbranched alkanes of at least 4 members (excludes halogenated alkanes) is 9. The summed E-state index contributed by atoms with van der Waals surface area (Å²) in [5, 5.41) is 14.6. The minimum Gasteiger partial charge on any atom is -0.449 e. The van der Waals surface area contributed by atoms with Crippen LogP contribution in [0.15, 0.2) is 4.99 Å². The van der Waals surface area contributed by atoms with E-state index in [1.807, 2.05) is 18.9 Å². The summed E-state index contributed by atoms with van der Waals surface area (Å²) in [7, 11) is 5.18. The summed E-state index contributed by atoms with van der Waals surface area (Å²) in [6, 6.07) is 0. The summed E-state index contributed by atoms with van der Waals surface area (Å²) >= 11 is 0. The van der Waals surface area contributed by atoms with Crippen LogP contribution in [0, 0.1) is 5.41 Å². The molecule has 0 aromatic carbocycles. The first-order chi connectivity index (χ1) is 27.2. The van der Waals surface area contributed by atoms with Gasteiger partial charge in [0.05, 0.1) is 25.4 Å². The minimum atomic E-state index is -0.921. The van der Waals surface area contributed by atoms with Crippen molar-refractivity contribution in [3.63, 3.8) is 0 Å². The molecule has 0 unspecified atom stereocenters. The SMILES string of the molecule is CCC(COC(=O)NCCCCCCN=C=O)(COC(=O)NCCCCCCNCOC)COC(=O)NCCCCCCNCOC.CN1CCCCCC1=O. The van der Waals surface area contributed by atoms with Crippen LogP contribution in [0.4, 0.5) is 14.4 Å². The Morgan fingerprint density at radius 3 is 1.50 bits per heavy atom. The summed E-state index contributed by atoms with van der Waals surface area (Å²) in [4.78, 5) is 63.7. The van der Waals surface area contributed by atoms with Gasteiger partial charge in [-0.1, -0.05) is 51.9 Å². The molecule has 0 bridgehead atoms. The van der Waals surface area contributed by atoms with E-state index in [2.05, 4.69) is 31.6 Å².